The van der Waals surface area contributed by atoms with Gasteiger partial charge < -0.3 is 9.42 Å². The number of aryl methyl sites for hydroxylation is 1. The zero-order valence-corrected chi connectivity index (χ0v) is 16.8. The van der Waals surface area contributed by atoms with Crippen molar-refractivity contribution in [3.8, 4) is 11.5 Å². The summed E-state index contributed by atoms with van der Waals surface area (Å²) in [6, 6.07) is 16.1. The molecule has 0 radical (unpaired) electrons. The average Bonchev–Trinajstić information content (AvgIpc) is 3.29. The van der Waals surface area contributed by atoms with Crippen LogP contribution in [-0.4, -0.2) is 22.6 Å². The van der Waals surface area contributed by atoms with E-state index < -0.39 is 0 Å². The van der Waals surface area contributed by atoms with Gasteiger partial charge in [-0.3, -0.25) is 4.79 Å². The molecule has 1 aromatic heterocycles. The number of hydrogen-bond acceptors (Lipinski definition) is 4. The third kappa shape index (κ3) is 3.44. The van der Waals surface area contributed by atoms with E-state index in [0.717, 1.165) is 16.8 Å². The molecule has 4 rings (SSSR count). The monoisotopic (exact) mass is 375 g/mol. The average molecular weight is 375 g/mol. The predicted octanol–water partition coefficient (Wildman–Crippen LogP) is 4.86. The van der Waals surface area contributed by atoms with Crippen molar-refractivity contribution in [2.45, 2.75) is 45.4 Å². The van der Waals surface area contributed by atoms with Crippen molar-refractivity contribution < 1.29 is 9.32 Å². The Morgan fingerprint density at radius 2 is 1.79 bits per heavy atom. The summed E-state index contributed by atoms with van der Waals surface area (Å²) in [4.78, 5) is 19.0. The van der Waals surface area contributed by atoms with E-state index in [1.54, 1.807) is 0 Å². The van der Waals surface area contributed by atoms with Gasteiger partial charge in [-0.25, -0.2) is 0 Å². The minimum Gasteiger partial charge on any atom is -0.334 e. The molecule has 1 fully saturated rings. The van der Waals surface area contributed by atoms with Gasteiger partial charge in [0.15, 0.2) is 5.82 Å². The molecule has 1 aliphatic rings. The number of hydrogen-bond donors (Lipinski definition) is 0. The van der Waals surface area contributed by atoms with Crippen LogP contribution in [0.1, 0.15) is 50.1 Å². The Labute approximate surface area is 165 Å². The minimum absolute atomic E-state index is 0.0570. The summed E-state index contributed by atoms with van der Waals surface area (Å²) in [7, 11) is 0. The second-order valence-corrected chi connectivity index (χ2v) is 8.48. The fourth-order valence-corrected chi connectivity index (χ4v) is 3.61. The van der Waals surface area contributed by atoms with E-state index in [-0.39, 0.29) is 17.2 Å². The van der Waals surface area contributed by atoms with Crippen molar-refractivity contribution in [2.75, 3.05) is 11.4 Å². The Morgan fingerprint density at radius 3 is 2.46 bits per heavy atom. The van der Waals surface area contributed by atoms with E-state index in [2.05, 4.69) is 43.0 Å². The van der Waals surface area contributed by atoms with E-state index in [9.17, 15) is 4.79 Å². The summed E-state index contributed by atoms with van der Waals surface area (Å²) in [6.07, 6.45) is 0.399. The second kappa shape index (κ2) is 6.89. The molecule has 5 heteroatoms. The maximum atomic E-state index is 12.6. The molecule has 1 amide bonds. The van der Waals surface area contributed by atoms with Crippen molar-refractivity contribution in [3.05, 3.63) is 65.5 Å². The Bertz CT molecular complexity index is 999. The molecule has 1 aliphatic heterocycles. The molecule has 0 N–H and O–H groups in total. The van der Waals surface area contributed by atoms with Gasteiger partial charge in [0, 0.05) is 30.1 Å². The van der Waals surface area contributed by atoms with Gasteiger partial charge >= 0.3 is 0 Å². The summed E-state index contributed by atoms with van der Waals surface area (Å²) >= 11 is 0. The molecule has 144 valence electrons. The van der Waals surface area contributed by atoms with Gasteiger partial charge in [-0.2, -0.15) is 4.98 Å². The highest BCUT2D eigenvalue weighted by Crippen LogP contribution is 2.33. The van der Waals surface area contributed by atoms with E-state index in [0.29, 0.717) is 24.7 Å². The number of carbonyl (C=O) groups is 1. The van der Waals surface area contributed by atoms with Crippen LogP contribution in [0.4, 0.5) is 5.69 Å². The van der Waals surface area contributed by atoms with Gasteiger partial charge in [0.1, 0.15) is 0 Å². The normalized spacial score (nSPS) is 17.4. The summed E-state index contributed by atoms with van der Waals surface area (Å²) in [6.45, 7) is 9.15. The van der Waals surface area contributed by atoms with Gasteiger partial charge in [0.05, 0.1) is 0 Å². The van der Waals surface area contributed by atoms with Crippen LogP contribution >= 0.6 is 0 Å². The molecule has 5 nitrogen and oxygen atoms in total. The maximum Gasteiger partial charge on any atom is 0.257 e. The molecule has 0 bridgehead atoms. The van der Waals surface area contributed by atoms with Crippen LogP contribution in [0.5, 0.6) is 0 Å². The number of benzene rings is 2. The van der Waals surface area contributed by atoms with Gasteiger partial charge in [-0.15, -0.1) is 0 Å². The van der Waals surface area contributed by atoms with Crippen LogP contribution in [-0.2, 0) is 10.2 Å². The third-order valence-electron chi connectivity index (χ3n) is 5.34. The van der Waals surface area contributed by atoms with Crippen molar-refractivity contribution in [1.29, 1.82) is 0 Å². The largest absolute Gasteiger partial charge is 0.334 e. The van der Waals surface area contributed by atoms with Gasteiger partial charge in [-0.1, -0.05) is 56.3 Å². The highest BCUT2D eigenvalue weighted by molar-refractivity contribution is 5.97. The first-order valence-corrected chi connectivity index (χ1v) is 9.63. The number of anilines is 1. The lowest BCUT2D eigenvalue weighted by Crippen LogP contribution is -2.25. The van der Waals surface area contributed by atoms with Crippen LogP contribution in [0.2, 0.25) is 0 Å². The van der Waals surface area contributed by atoms with Crippen LogP contribution in [0.15, 0.2) is 53.1 Å². The first-order chi connectivity index (χ1) is 13.3. The lowest BCUT2D eigenvalue weighted by Gasteiger charge is -2.18. The highest BCUT2D eigenvalue weighted by atomic mass is 16.5. The Kier molecular flexibility index (Phi) is 4.53. The SMILES string of the molecule is Cc1ccccc1N1CC(c2noc(-c3ccc(C(C)(C)C)cc3)n2)CC1=O. The van der Waals surface area contributed by atoms with Crippen LogP contribution in [0.3, 0.4) is 0 Å². The summed E-state index contributed by atoms with van der Waals surface area (Å²) < 4.78 is 5.50. The predicted molar refractivity (Wildman–Crippen MR) is 109 cm³/mol. The molecule has 1 saturated heterocycles. The van der Waals surface area contributed by atoms with Crippen molar-refractivity contribution in [1.82, 2.24) is 10.1 Å². The van der Waals surface area contributed by atoms with E-state index in [4.69, 9.17) is 4.52 Å². The standard InChI is InChI=1S/C23H25N3O2/c1-15-7-5-6-8-19(15)26-14-17(13-20(26)27)21-24-22(28-25-21)16-9-11-18(12-10-16)23(2,3)4/h5-12,17H,13-14H2,1-4H3. The maximum absolute atomic E-state index is 12.6. The van der Waals surface area contributed by atoms with E-state index >= 15 is 0 Å². The molecule has 0 saturated carbocycles. The van der Waals surface area contributed by atoms with E-state index in [1.165, 1.54) is 5.56 Å². The molecular weight excluding hydrogens is 350 g/mol. The van der Waals surface area contributed by atoms with Crippen molar-refractivity contribution in [2.24, 2.45) is 0 Å². The smallest absolute Gasteiger partial charge is 0.257 e. The van der Waals surface area contributed by atoms with Crippen LogP contribution in [0.25, 0.3) is 11.5 Å². The highest BCUT2D eigenvalue weighted by Gasteiger charge is 2.35. The number of aromatic nitrogens is 2. The fraction of sp³-hybridized carbons (Fsp3) is 0.348. The van der Waals surface area contributed by atoms with Crippen molar-refractivity contribution in [3.63, 3.8) is 0 Å². The Balaban J connectivity index is 1.54. The van der Waals surface area contributed by atoms with Crippen LogP contribution < -0.4 is 4.90 Å². The molecule has 3 aromatic rings. The van der Waals surface area contributed by atoms with Crippen LogP contribution in [0, 0.1) is 6.92 Å². The lowest BCUT2D eigenvalue weighted by atomic mass is 9.87. The first kappa shape index (κ1) is 18.4. The molecule has 28 heavy (non-hydrogen) atoms. The number of para-hydroxylation sites is 1. The lowest BCUT2D eigenvalue weighted by molar-refractivity contribution is -0.117. The molecule has 1 unspecified atom stereocenters. The summed E-state index contributed by atoms with van der Waals surface area (Å²) in [5.74, 6) is 1.13. The third-order valence-corrected chi connectivity index (χ3v) is 5.34. The zero-order valence-electron chi connectivity index (χ0n) is 16.8. The Morgan fingerprint density at radius 1 is 1.07 bits per heavy atom. The Hall–Kier alpha value is -2.95. The number of rotatable bonds is 3. The molecule has 1 atom stereocenters. The van der Waals surface area contributed by atoms with Gasteiger partial charge in [0.2, 0.25) is 5.91 Å². The van der Waals surface area contributed by atoms with E-state index in [1.807, 2.05) is 48.2 Å². The molecule has 0 spiro atoms. The van der Waals surface area contributed by atoms with Gasteiger partial charge in [0.25, 0.3) is 5.89 Å². The molecule has 2 aromatic carbocycles. The molecule has 2 heterocycles. The number of nitrogens with zero attached hydrogens (tertiary/aromatic N) is 3. The first-order valence-electron chi connectivity index (χ1n) is 9.63. The fourth-order valence-electron chi connectivity index (χ4n) is 3.61. The second-order valence-electron chi connectivity index (χ2n) is 8.48. The number of amides is 1. The molecule has 0 aliphatic carbocycles. The summed E-state index contributed by atoms with van der Waals surface area (Å²) in [5, 5.41) is 4.17. The number of carbonyl (C=O) groups excluding carboxylic acids is 1. The quantitative estimate of drug-likeness (QED) is 0.656. The summed E-state index contributed by atoms with van der Waals surface area (Å²) in [5.41, 5.74) is 4.29. The van der Waals surface area contributed by atoms with Crippen molar-refractivity contribution >= 4 is 11.6 Å². The topological polar surface area (TPSA) is 59.2 Å². The van der Waals surface area contributed by atoms with Gasteiger partial charge in [-0.05, 0) is 41.7 Å². The minimum atomic E-state index is -0.0570. The molecular formula is C23H25N3O2. The zero-order chi connectivity index (χ0) is 19.9.